The molecule has 0 unspecified atom stereocenters. The molecule has 9 heteroatoms. The number of aryl methyl sites for hydroxylation is 1. The minimum Gasteiger partial charge on any atom is -0.449 e. The number of sulfone groups is 1. The first-order valence-electron chi connectivity index (χ1n) is 8.82. The highest BCUT2D eigenvalue weighted by Gasteiger charge is 2.48. The van der Waals surface area contributed by atoms with Gasteiger partial charge in [0.15, 0.2) is 9.84 Å². The predicted octanol–water partition coefficient (Wildman–Crippen LogP) is 0.733. The Hall–Kier alpha value is -1.61. The van der Waals surface area contributed by atoms with Gasteiger partial charge in [0.1, 0.15) is 0 Å². The highest BCUT2D eigenvalue weighted by molar-refractivity contribution is 7.91. The molecular formula is C16H26N4O4S. The highest BCUT2D eigenvalue weighted by Crippen LogP contribution is 2.28. The van der Waals surface area contributed by atoms with E-state index < -0.39 is 15.9 Å². The molecule has 1 aromatic rings. The van der Waals surface area contributed by atoms with Gasteiger partial charge in [-0.3, -0.25) is 9.58 Å². The molecular weight excluding hydrogens is 344 g/mol. The third-order valence-electron chi connectivity index (χ3n) is 4.85. The SMILES string of the molecule is CCCOC(=O)N1CCN(Cc2cnn(CC)c2)[C@@H]2CS(=O)(=O)C[C@@H]21. The van der Waals surface area contributed by atoms with Crippen molar-refractivity contribution in [3.8, 4) is 0 Å². The summed E-state index contributed by atoms with van der Waals surface area (Å²) >= 11 is 0. The van der Waals surface area contributed by atoms with E-state index in [1.807, 2.05) is 30.9 Å². The van der Waals surface area contributed by atoms with E-state index in [0.717, 1.165) is 18.5 Å². The van der Waals surface area contributed by atoms with Gasteiger partial charge < -0.3 is 9.64 Å². The summed E-state index contributed by atoms with van der Waals surface area (Å²) in [6.07, 6.45) is 4.16. The minimum absolute atomic E-state index is 0.0175. The van der Waals surface area contributed by atoms with Crippen molar-refractivity contribution in [2.75, 3.05) is 31.2 Å². The Morgan fingerprint density at radius 3 is 2.72 bits per heavy atom. The zero-order valence-corrected chi connectivity index (χ0v) is 15.6. The standard InChI is InChI=1S/C16H26N4O4S/c1-3-7-24-16(21)20-6-5-18(9-13-8-17-19(4-2)10-13)14-11-25(22,23)12-15(14)20/h8,10,14-15H,3-7,9,11-12H2,1-2H3/t14-,15+/m1/s1. The number of ether oxygens (including phenoxy) is 1. The monoisotopic (exact) mass is 370 g/mol. The zero-order chi connectivity index (χ0) is 18.0. The highest BCUT2D eigenvalue weighted by atomic mass is 32.2. The van der Waals surface area contributed by atoms with Crippen LogP contribution in [0.3, 0.4) is 0 Å². The average molecular weight is 370 g/mol. The van der Waals surface area contributed by atoms with E-state index in [-0.39, 0.29) is 23.6 Å². The fraction of sp³-hybridized carbons (Fsp3) is 0.750. The van der Waals surface area contributed by atoms with Crippen LogP contribution in [-0.4, -0.2) is 77.4 Å². The summed E-state index contributed by atoms with van der Waals surface area (Å²) in [6, 6.07) is -0.512. The van der Waals surface area contributed by atoms with Crippen LogP contribution in [0.2, 0.25) is 0 Å². The number of amides is 1. The summed E-state index contributed by atoms with van der Waals surface area (Å²) < 4.78 is 31.5. The number of hydrogen-bond acceptors (Lipinski definition) is 6. The van der Waals surface area contributed by atoms with Crippen molar-refractivity contribution in [1.82, 2.24) is 19.6 Å². The number of rotatable bonds is 5. The lowest BCUT2D eigenvalue weighted by Crippen LogP contribution is -2.60. The van der Waals surface area contributed by atoms with Gasteiger partial charge in [-0.2, -0.15) is 5.10 Å². The lowest BCUT2D eigenvalue weighted by atomic mass is 10.0. The second-order valence-corrected chi connectivity index (χ2v) is 8.85. The van der Waals surface area contributed by atoms with Crippen LogP contribution in [0, 0.1) is 0 Å². The first kappa shape index (κ1) is 18.2. The number of piperazine rings is 1. The van der Waals surface area contributed by atoms with Crippen LogP contribution in [0.15, 0.2) is 12.4 Å². The van der Waals surface area contributed by atoms with Crippen molar-refractivity contribution >= 4 is 15.9 Å². The predicted molar refractivity (Wildman–Crippen MR) is 92.9 cm³/mol. The van der Waals surface area contributed by atoms with Crippen molar-refractivity contribution in [2.24, 2.45) is 0 Å². The van der Waals surface area contributed by atoms with E-state index in [1.54, 1.807) is 4.90 Å². The normalized spacial score (nSPS) is 25.8. The third-order valence-corrected chi connectivity index (χ3v) is 6.55. The van der Waals surface area contributed by atoms with Crippen molar-refractivity contribution in [3.63, 3.8) is 0 Å². The van der Waals surface area contributed by atoms with E-state index in [2.05, 4.69) is 10.00 Å². The number of carbonyl (C=O) groups excluding carboxylic acids is 1. The van der Waals surface area contributed by atoms with Crippen LogP contribution >= 0.6 is 0 Å². The van der Waals surface area contributed by atoms with Crippen LogP contribution in [0.4, 0.5) is 4.79 Å². The Bertz CT molecular complexity index is 717. The molecule has 2 aliphatic rings. The lowest BCUT2D eigenvalue weighted by Gasteiger charge is -2.43. The van der Waals surface area contributed by atoms with E-state index in [0.29, 0.717) is 26.2 Å². The van der Waals surface area contributed by atoms with Crippen LogP contribution in [0.1, 0.15) is 25.8 Å². The second kappa shape index (κ2) is 7.33. The molecule has 3 heterocycles. The number of carbonyl (C=O) groups is 1. The number of nitrogens with zero attached hydrogens (tertiary/aromatic N) is 4. The largest absolute Gasteiger partial charge is 0.449 e. The maximum absolute atomic E-state index is 12.3. The number of aromatic nitrogens is 2. The number of hydrogen-bond donors (Lipinski definition) is 0. The van der Waals surface area contributed by atoms with Crippen LogP contribution < -0.4 is 0 Å². The first-order valence-corrected chi connectivity index (χ1v) is 10.6. The van der Waals surface area contributed by atoms with Gasteiger partial charge in [-0.05, 0) is 13.3 Å². The van der Waals surface area contributed by atoms with Gasteiger partial charge in [0, 0.05) is 44.0 Å². The average Bonchev–Trinajstić information content (AvgIpc) is 3.15. The molecule has 25 heavy (non-hydrogen) atoms. The summed E-state index contributed by atoms with van der Waals surface area (Å²) in [5, 5.41) is 4.28. The van der Waals surface area contributed by atoms with Crippen molar-refractivity contribution < 1.29 is 17.9 Å². The molecule has 2 atom stereocenters. The van der Waals surface area contributed by atoms with Crippen LogP contribution in [0.25, 0.3) is 0 Å². The smallest absolute Gasteiger partial charge is 0.410 e. The van der Waals surface area contributed by atoms with E-state index in [1.165, 1.54) is 0 Å². The molecule has 1 aromatic heterocycles. The Labute approximate surface area is 148 Å². The van der Waals surface area contributed by atoms with Gasteiger partial charge in [-0.15, -0.1) is 0 Å². The molecule has 0 bridgehead atoms. The molecule has 0 radical (unpaired) electrons. The fourth-order valence-electron chi connectivity index (χ4n) is 3.62. The van der Waals surface area contributed by atoms with Crippen LogP contribution in [-0.2, 0) is 27.7 Å². The molecule has 140 valence electrons. The second-order valence-electron chi connectivity index (χ2n) is 6.69. The van der Waals surface area contributed by atoms with Crippen LogP contribution in [0.5, 0.6) is 0 Å². The lowest BCUT2D eigenvalue weighted by molar-refractivity contribution is 0.0269. The van der Waals surface area contributed by atoms with Gasteiger partial charge in [-0.1, -0.05) is 6.92 Å². The summed E-state index contributed by atoms with van der Waals surface area (Å²) in [7, 11) is -3.15. The maximum Gasteiger partial charge on any atom is 0.410 e. The van der Waals surface area contributed by atoms with Crippen molar-refractivity contribution in [3.05, 3.63) is 18.0 Å². The molecule has 2 saturated heterocycles. The van der Waals surface area contributed by atoms with E-state index in [4.69, 9.17) is 4.74 Å². The topological polar surface area (TPSA) is 84.7 Å². The third kappa shape index (κ3) is 3.98. The molecule has 8 nitrogen and oxygen atoms in total. The van der Waals surface area contributed by atoms with Gasteiger partial charge in [-0.25, -0.2) is 13.2 Å². The molecule has 3 rings (SSSR count). The molecule has 2 aliphatic heterocycles. The molecule has 0 spiro atoms. The van der Waals surface area contributed by atoms with Crippen molar-refractivity contribution in [1.29, 1.82) is 0 Å². The number of fused-ring (bicyclic) bond motifs is 1. The van der Waals surface area contributed by atoms with Gasteiger partial charge in [0.2, 0.25) is 0 Å². The summed E-state index contributed by atoms with van der Waals surface area (Å²) in [5.41, 5.74) is 1.06. The van der Waals surface area contributed by atoms with E-state index in [9.17, 15) is 13.2 Å². The molecule has 0 saturated carbocycles. The molecule has 0 aliphatic carbocycles. The van der Waals surface area contributed by atoms with Gasteiger partial charge in [0.05, 0.1) is 30.4 Å². The Morgan fingerprint density at radius 2 is 2.04 bits per heavy atom. The maximum atomic E-state index is 12.3. The molecule has 1 amide bonds. The Balaban J connectivity index is 1.74. The first-order chi connectivity index (χ1) is 11.9. The summed E-state index contributed by atoms with van der Waals surface area (Å²) in [4.78, 5) is 16.1. The van der Waals surface area contributed by atoms with Gasteiger partial charge in [0.25, 0.3) is 0 Å². The van der Waals surface area contributed by atoms with E-state index >= 15 is 0 Å². The molecule has 2 fully saturated rings. The Kier molecular flexibility index (Phi) is 5.33. The molecule has 0 aromatic carbocycles. The zero-order valence-electron chi connectivity index (χ0n) is 14.8. The summed E-state index contributed by atoms with van der Waals surface area (Å²) in [6.45, 7) is 6.89. The Morgan fingerprint density at radius 1 is 1.28 bits per heavy atom. The quantitative estimate of drug-likeness (QED) is 0.760. The summed E-state index contributed by atoms with van der Waals surface area (Å²) in [5.74, 6) is 0.112. The fourth-order valence-corrected chi connectivity index (χ4v) is 5.63. The molecule has 0 N–H and O–H groups in total. The minimum atomic E-state index is -3.15. The van der Waals surface area contributed by atoms with Crippen molar-refractivity contribution in [2.45, 2.75) is 45.4 Å². The van der Waals surface area contributed by atoms with Gasteiger partial charge >= 0.3 is 6.09 Å².